The number of rotatable bonds is 9. The lowest BCUT2D eigenvalue weighted by Crippen LogP contribution is -2.37. The van der Waals surface area contributed by atoms with E-state index in [1.807, 2.05) is 0 Å². The van der Waals surface area contributed by atoms with Gasteiger partial charge in [0.1, 0.15) is 6.54 Å². The van der Waals surface area contributed by atoms with Gasteiger partial charge in [-0.15, -0.1) is 0 Å². The Morgan fingerprint density at radius 3 is 2.26 bits per heavy atom. The Morgan fingerprint density at radius 1 is 1.06 bits per heavy atom. The van der Waals surface area contributed by atoms with E-state index in [1.54, 1.807) is 5.32 Å². The SMILES string of the molecule is C[C@@H](CC(=O)c1ccc(/C=C/C(c2ccc(Cl)c(Cl)c2)C(C)(F)F)cc1Br)C(=O)NCC(F)(F)F. The van der Waals surface area contributed by atoms with Gasteiger partial charge in [-0.05, 0) is 35.4 Å². The number of hydrogen-bond acceptors (Lipinski definition) is 2. The minimum absolute atomic E-state index is 0.152. The molecular formula is C24H21BrCl2F5NO2. The van der Waals surface area contributed by atoms with Crippen molar-refractivity contribution in [2.45, 2.75) is 38.3 Å². The molecule has 0 heterocycles. The lowest BCUT2D eigenvalue weighted by molar-refractivity contribution is -0.140. The third-order valence-corrected chi connectivity index (χ3v) is 6.42. The number of carbonyl (C=O) groups is 2. The quantitative estimate of drug-likeness (QED) is 0.233. The normalized spacial score (nSPS) is 14.1. The summed E-state index contributed by atoms with van der Waals surface area (Å²) in [6.07, 6.45) is -2.07. The topological polar surface area (TPSA) is 46.2 Å². The van der Waals surface area contributed by atoms with Crippen molar-refractivity contribution in [3.8, 4) is 0 Å². The molecule has 0 aliphatic heterocycles. The van der Waals surface area contributed by atoms with Gasteiger partial charge in [0.05, 0.1) is 16.0 Å². The molecule has 35 heavy (non-hydrogen) atoms. The summed E-state index contributed by atoms with van der Waals surface area (Å²) in [4.78, 5) is 24.4. The van der Waals surface area contributed by atoms with Crippen LogP contribution in [0.4, 0.5) is 22.0 Å². The highest BCUT2D eigenvalue weighted by molar-refractivity contribution is 9.10. The second kappa shape index (κ2) is 11.8. The molecular weight excluding hydrogens is 580 g/mol. The van der Waals surface area contributed by atoms with Crippen LogP contribution in [0.15, 0.2) is 46.9 Å². The smallest absolute Gasteiger partial charge is 0.347 e. The molecule has 0 saturated heterocycles. The van der Waals surface area contributed by atoms with Crippen molar-refractivity contribution in [1.82, 2.24) is 5.32 Å². The number of benzene rings is 2. The fraction of sp³-hybridized carbons (Fsp3) is 0.333. The monoisotopic (exact) mass is 599 g/mol. The number of alkyl halides is 5. The Labute approximate surface area is 217 Å². The van der Waals surface area contributed by atoms with Crippen molar-refractivity contribution in [3.63, 3.8) is 0 Å². The van der Waals surface area contributed by atoms with E-state index in [4.69, 9.17) is 23.2 Å². The average molecular weight is 601 g/mol. The molecule has 0 aliphatic carbocycles. The minimum Gasteiger partial charge on any atom is -0.347 e. The summed E-state index contributed by atoms with van der Waals surface area (Å²) < 4.78 is 65.7. The molecule has 2 rings (SSSR count). The molecule has 1 unspecified atom stereocenters. The van der Waals surface area contributed by atoms with Gasteiger partial charge in [0.15, 0.2) is 5.78 Å². The zero-order valence-corrected chi connectivity index (χ0v) is 21.6. The molecule has 190 valence electrons. The van der Waals surface area contributed by atoms with Crippen molar-refractivity contribution < 1.29 is 31.5 Å². The number of Topliss-reactive ketones (excluding diaryl/α,β-unsaturated/α-hetero) is 1. The van der Waals surface area contributed by atoms with E-state index >= 15 is 0 Å². The zero-order chi connectivity index (χ0) is 26.6. The fourth-order valence-electron chi connectivity index (χ4n) is 3.19. The first-order valence-corrected chi connectivity index (χ1v) is 11.8. The summed E-state index contributed by atoms with van der Waals surface area (Å²) in [5.41, 5.74) is 0.991. The largest absolute Gasteiger partial charge is 0.405 e. The van der Waals surface area contributed by atoms with Gasteiger partial charge in [0, 0.05) is 29.3 Å². The molecule has 0 bridgehead atoms. The molecule has 2 atom stereocenters. The summed E-state index contributed by atoms with van der Waals surface area (Å²) in [5.74, 6) is -6.73. The number of amides is 1. The second-order valence-corrected chi connectivity index (χ2v) is 9.74. The predicted molar refractivity (Wildman–Crippen MR) is 130 cm³/mol. The summed E-state index contributed by atoms with van der Waals surface area (Å²) in [6, 6.07) is 8.79. The van der Waals surface area contributed by atoms with Gasteiger partial charge < -0.3 is 5.32 Å². The highest BCUT2D eigenvalue weighted by atomic mass is 79.9. The van der Waals surface area contributed by atoms with Crippen LogP contribution in [-0.4, -0.2) is 30.3 Å². The first-order valence-electron chi connectivity index (χ1n) is 10.3. The van der Waals surface area contributed by atoms with Crippen LogP contribution in [-0.2, 0) is 4.79 Å². The molecule has 0 fully saturated rings. The molecule has 0 aromatic heterocycles. The summed E-state index contributed by atoms with van der Waals surface area (Å²) in [7, 11) is 0. The molecule has 2 aromatic rings. The van der Waals surface area contributed by atoms with Gasteiger partial charge in [-0.1, -0.05) is 70.3 Å². The molecule has 2 aromatic carbocycles. The summed E-state index contributed by atoms with van der Waals surface area (Å²) >= 11 is 15.1. The molecule has 0 aliphatic rings. The number of nitrogens with one attached hydrogen (secondary N) is 1. The maximum absolute atomic E-state index is 14.3. The molecule has 0 spiro atoms. The van der Waals surface area contributed by atoms with Gasteiger partial charge >= 0.3 is 6.18 Å². The lowest BCUT2D eigenvalue weighted by atomic mass is 9.92. The van der Waals surface area contributed by atoms with E-state index in [2.05, 4.69) is 15.9 Å². The highest BCUT2D eigenvalue weighted by Crippen LogP contribution is 2.37. The molecule has 3 nitrogen and oxygen atoms in total. The van der Waals surface area contributed by atoms with E-state index in [1.165, 1.54) is 55.5 Å². The highest BCUT2D eigenvalue weighted by Gasteiger charge is 2.33. The summed E-state index contributed by atoms with van der Waals surface area (Å²) in [5, 5.41) is 2.14. The Morgan fingerprint density at radius 2 is 1.71 bits per heavy atom. The van der Waals surface area contributed by atoms with Crippen LogP contribution in [0.3, 0.4) is 0 Å². The number of ketones is 1. The predicted octanol–water partition coefficient (Wildman–Crippen LogP) is 8.10. The first kappa shape index (κ1) is 29.3. The molecule has 0 saturated carbocycles. The third kappa shape index (κ3) is 8.88. The van der Waals surface area contributed by atoms with Gasteiger partial charge in [0.25, 0.3) is 5.92 Å². The maximum Gasteiger partial charge on any atom is 0.405 e. The van der Waals surface area contributed by atoms with Gasteiger partial charge in [-0.3, -0.25) is 9.59 Å². The Bertz CT molecular complexity index is 1120. The van der Waals surface area contributed by atoms with Gasteiger partial charge in [-0.2, -0.15) is 13.2 Å². The first-order chi connectivity index (χ1) is 16.1. The zero-order valence-electron chi connectivity index (χ0n) is 18.5. The van der Waals surface area contributed by atoms with E-state index in [0.717, 1.165) is 6.92 Å². The standard InChI is InChI=1S/C24H21BrCl2F5NO2/c1-13(22(35)33-12-24(30,31)32)9-21(34)16-6-3-14(10-18(16)25)4-7-17(23(2,28)29)15-5-8-19(26)20(27)11-15/h3-8,10-11,13,17H,9,12H2,1-2H3,(H,33,35)/b7-4+/t13-,17?/m0/s1. The Balaban J connectivity index is 2.16. The van der Waals surface area contributed by atoms with Crippen molar-refractivity contribution >= 4 is 56.9 Å². The van der Waals surface area contributed by atoms with E-state index < -0.39 is 42.2 Å². The number of carbonyl (C=O) groups excluding carboxylic acids is 2. The fourth-order valence-corrected chi connectivity index (χ4v) is 4.11. The van der Waals surface area contributed by atoms with Crippen molar-refractivity contribution in [1.29, 1.82) is 0 Å². The second-order valence-electron chi connectivity index (χ2n) is 8.07. The summed E-state index contributed by atoms with van der Waals surface area (Å²) in [6.45, 7) is 0.659. The number of hydrogen-bond donors (Lipinski definition) is 1. The van der Waals surface area contributed by atoms with Crippen LogP contribution in [0.1, 0.15) is 47.7 Å². The molecule has 0 radical (unpaired) electrons. The Hall–Kier alpha value is -1.97. The van der Waals surface area contributed by atoms with E-state index in [-0.39, 0.29) is 27.6 Å². The van der Waals surface area contributed by atoms with Crippen LogP contribution in [0, 0.1) is 5.92 Å². The average Bonchev–Trinajstić information content (AvgIpc) is 2.73. The van der Waals surface area contributed by atoms with Crippen LogP contribution < -0.4 is 5.32 Å². The van der Waals surface area contributed by atoms with E-state index in [9.17, 15) is 31.5 Å². The number of halogens is 8. The van der Waals surface area contributed by atoms with Crippen LogP contribution in [0.2, 0.25) is 10.0 Å². The van der Waals surface area contributed by atoms with Crippen LogP contribution in [0.5, 0.6) is 0 Å². The van der Waals surface area contributed by atoms with Crippen LogP contribution >= 0.6 is 39.1 Å². The van der Waals surface area contributed by atoms with Gasteiger partial charge in [0.2, 0.25) is 5.91 Å². The van der Waals surface area contributed by atoms with Crippen molar-refractivity contribution in [3.05, 3.63) is 73.7 Å². The van der Waals surface area contributed by atoms with E-state index in [0.29, 0.717) is 10.0 Å². The minimum atomic E-state index is -4.55. The molecule has 11 heteroatoms. The molecule has 1 amide bonds. The van der Waals surface area contributed by atoms with Crippen LogP contribution in [0.25, 0.3) is 6.08 Å². The van der Waals surface area contributed by atoms with Crippen molar-refractivity contribution in [2.75, 3.05) is 6.54 Å². The van der Waals surface area contributed by atoms with Gasteiger partial charge in [-0.25, -0.2) is 8.78 Å². The van der Waals surface area contributed by atoms with Crippen molar-refractivity contribution in [2.24, 2.45) is 5.92 Å². The maximum atomic E-state index is 14.3. The lowest BCUT2D eigenvalue weighted by Gasteiger charge is -2.21. The molecule has 1 N–H and O–H groups in total. The Kier molecular flexibility index (Phi) is 9.90. The third-order valence-electron chi connectivity index (χ3n) is 5.03. The number of allylic oxidation sites excluding steroid dienone is 1.